The zero-order valence-electron chi connectivity index (χ0n) is 10.7. The summed E-state index contributed by atoms with van der Waals surface area (Å²) < 4.78 is 0. The van der Waals surface area contributed by atoms with Crippen molar-refractivity contribution in [3.63, 3.8) is 0 Å². The van der Waals surface area contributed by atoms with Gasteiger partial charge in [0.1, 0.15) is 16.4 Å². The molecule has 0 bridgehead atoms. The second-order valence-electron chi connectivity index (χ2n) is 5.05. The normalized spacial score (nSPS) is 26.5. The van der Waals surface area contributed by atoms with E-state index in [9.17, 15) is 10.1 Å². The highest BCUT2D eigenvalue weighted by Gasteiger charge is 2.36. The summed E-state index contributed by atoms with van der Waals surface area (Å²) in [4.78, 5) is 19.8. The zero-order chi connectivity index (χ0) is 13.9. The summed E-state index contributed by atoms with van der Waals surface area (Å²) in [7, 11) is 0. The highest BCUT2D eigenvalue weighted by molar-refractivity contribution is 6.29. The first kappa shape index (κ1) is 13.8. The molecule has 1 aliphatic rings. The van der Waals surface area contributed by atoms with Crippen molar-refractivity contribution in [2.24, 2.45) is 5.92 Å². The van der Waals surface area contributed by atoms with Crippen molar-refractivity contribution in [1.82, 2.24) is 15.3 Å². The standard InChI is InChI=1S/C13H15ClN4O/c1-9-2-4-13(8-15,5-3-9)18-12(19)10-6-17-11(14)7-16-10/h6-7,9H,2-5H2,1H3,(H,18,19). The number of rotatable bonds is 2. The predicted octanol–water partition coefficient (Wildman–Crippen LogP) is 2.33. The fraction of sp³-hybridized carbons (Fsp3) is 0.538. The van der Waals surface area contributed by atoms with Gasteiger partial charge in [0.05, 0.1) is 18.5 Å². The van der Waals surface area contributed by atoms with Crippen molar-refractivity contribution < 1.29 is 4.79 Å². The molecule has 1 aromatic heterocycles. The number of halogens is 1. The minimum absolute atomic E-state index is 0.178. The minimum Gasteiger partial charge on any atom is -0.332 e. The third-order valence-corrected chi connectivity index (χ3v) is 3.74. The van der Waals surface area contributed by atoms with Crippen LogP contribution >= 0.6 is 11.6 Å². The fourth-order valence-corrected chi connectivity index (χ4v) is 2.33. The minimum atomic E-state index is -0.773. The maximum absolute atomic E-state index is 12.1. The van der Waals surface area contributed by atoms with E-state index >= 15 is 0 Å². The van der Waals surface area contributed by atoms with Crippen LogP contribution in [0.15, 0.2) is 12.4 Å². The van der Waals surface area contributed by atoms with E-state index in [1.807, 2.05) is 0 Å². The quantitative estimate of drug-likeness (QED) is 0.900. The summed E-state index contributed by atoms with van der Waals surface area (Å²) in [5.41, 5.74) is -0.595. The summed E-state index contributed by atoms with van der Waals surface area (Å²) in [6.07, 6.45) is 5.88. The van der Waals surface area contributed by atoms with Crippen molar-refractivity contribution in [2.75, 3.05) is 0 Å². The van der Waals surface area contributed by atoms with Crippen molar-refractivity contribution >= 4 is 17.5 Å². The van der Waals surface area contributed by atoms with Gasteiger partial charge in [-0.15, -0.1) is 0 Å². The van der Waals surface area contributed by atoms with Gasteiger partial charge in [0.15, 0.2) is 0 Å². The Bertz CT molecular complexity index is 500. The third kappa shape index (κ3) is 3.21. The molecule has 0 aliphatic heterocycles. The van der Waals surface area contributed by atoms with Gasteiger partial charge in [-0.1, -0.05) is 18.5 Å². The Kier molecular flexibility index (Phi) is 4.01. The van der Waals surface area contributed by atoms with Crippen LogP contribution in [0, 0.1) is 17.2 Å². The molecule has 2 rings (SSSR count). The molecule has 100 valence electrons. The maximum atomic E-state index is 12.1. The number of nitrogens with one attached hydrogen (secondary N) is 1. The average Bonchev–Trinajstić information content (AvgIpc) is 2.42. The number of nitrogens with zero attached hydrogens (tertiary/aromatic N) is 3. The molecule has 1 aromatic rings. The molecule has 1 fully saturated rings. The maximum Gasteiger partial charge on any atom is 0.272 e. The number of carbonyl (C=O) groups is 1. The topological polar surface area (TPSA) is 78.7 Å². The van der Waals surface area contributed by atoms with Crippen LogP contribution in [-0.4, -0.2) is 21.4 Å². The summed E-state index contributed by atoms with van der Waals surface area (Å²) in [5.74, 6) is 0.231. The second kappa shape index (κ2) is 5.54. The molecule has 1 saturated carbocycles. The van der Waals surface area contributed by atoms with E-state index in [1.165, 1.54) is 12.4 Å². The molecular weight excluding hydrogens is 264 g/mol. The van der Waals surface area contributed by atoms with Gasteiger partial charge in [-0.05, 0) is 31.6 Å². The molecule has 1 amide bonds. The van der Waals surface area contributed by atoms with Crippen molar-refractivity contribution in [3.8, 4) is 6.07 Å². The molecule has 19 heavy (non-hydrogen) atoms. The Hall–Kier alpha value is -1.67. The van der Waals surface area contributed by atoms with Crippen LogP contribution in [0.3, 0.4) is 0 Å². The van der Waals surface area contributed by atoms with E-state index in [2.05, 4.69) is 28.3 Å². The summed E-state index contributed by atoms with van der Waals surface area (Å²) in [6.45, 7) is 2.16. The molecule has 1 N–H and O–H groups in total. The van der Waals surface area contributed by atoms with E-state index in [1.54, 1.807) is 0 Å². The number of hydrogen-bond donors (Lipinski definition) is 1. The second-order valence-corrected chi connectivity index (χ2v) is 5.44. The Morgan fingerprint density at radius 2 is 2.16 bits per heavy atom. The lowest BCUT2D eigenvalue weighted by atomic mass is 9.78. The molecule has 1 heterocycles. The molecule has 0 radical (unpaired) electrons. The van der Waals surface area contributed by atoms with Gasteiger partial charge in [-0.2, -0.15) is 5.26 Å². The van der Waals surface area contributed by atoms with E-state index in [4.69, 9.17) is 11.6 Å². The van der Waals surface area contributed by atoms with Crippen LogP contribution in [0.2, 0.25) is 5.15 Å². The van der Waals surface area contributed by atoms with Gasteiger partial charge in [0.25, 0.3) is 5.91 Å². The number of carbonyl (C=O) groups excluding carboxylic acids is 1. The monoisotopic (exact) mass is 278 g/mol. The van der Waals surface area contributed by atoms with Gasteiger partial charge in [0.2, 0.25) is 0 Å². The van der Waals surface area contributed by atoms with Crippen molar-refractivity contribution in [1.29, 1.82) is 5.26 Å². The zero-order valence-corrected chi connectivity index (χ0v) is 11.4. The van der Waals surface area contributed by atoms with Crippen molar-refractivity contribution in [3.05, 3.63) is 23.2 Å². The van der Waals surface area contributed by atoms with Crippen LogP contribution in [0.5, 0.6) is 0 Å². The van der Waals surface area contributed by atoms with E-state index in [-0.39, 0.29) is 16.8 Å². The number of hydrogen-bond acceptors (Lipinski definition) is 4. The van der Waals surface area contributed by atoms with Gasteiger partial charge >= 0.3 is 0 Å². The molecule has 1 aliphatic carbocycles. The van der Waals surface area contributed by atoms with E-state index < -0.39 is 5.54 Å². The van der Waals surface area contributed by atoms with Gasteiger partial charge in [-0.3, -0.25) is 4.79 Å². The highest BCUT2D eigenvalue weighted by atomic mass is 35.5. The van der Waals surface area contributed by atoms with Gasteiger partial charge < -0.3 is 5.32 Å². The first-order valence-corrected chi connectivity index (χ1v) is 6.64. The van der Waals surface area contributed by atoms with Crippen LogP contribution in [-0.2, 0) is 0 Å². The third-order valence-electron chi connectivity index (χ3n) is 3.55. The van der Waals surface area contributed by atoms with Crippen molar-refractivity contribution in [2.45, 2.75) is 38.1 Å². The Balaban J connectivity index is 2.09. The SMILES string of the molecule is CC1CCC(C#N)(NC(=O)c2cnc(Cl)cn2)CC1. The molecule has 0 aromatic carbocycles. The molecule has 0 unspecified atom stereocenters. The van der Waals surface area contributed by atoms with Crippen LogP contribution < -0.4 is 5.32 Å². The van der Waals surface area contributed by atoms with Crippen LogP contribution in [0.25, 0.3) is 0 Å². The smallest absolute Gasteiger partial charge is 0.272 e. The molecule has 0 spiro atoms. The first-order valence-electron chi connectivity index (χ1n) is 6.26. The first-order chi connectivity index (χ1) is 9.04. The molecule has 5 nitrogen and oxygen atoms in total. The summed E-state index contributed by atoms with van der Waals surface area (Å²) in [5, 5.41) is 12.4. The number of nitriles is 1. The lowest BCUT2D eigenvalue weighted by Crippen LogP contribution is -2.49. The lowest BCUT2D eigenvalue weighted by Gasteiger charge is -2.34. The Morgan fingerprint density at radius 1 is 1.47 bits per heavy atom. The van der Waals surface area contributed by atoms with Gasteiger partial charge in [0, 0.05) is 0 Å². The van der Waals surface area contributed by atoms with E-state index in [0.29, 0.717) is 18.8 Å². The number of amides is 1. The average molecular weight is 279 g/mol. The fourth-order valence-electron chi connectivity index (χ4n) is 2.23. The summed E-state index contributed by atoms with van der Waals surface area (Å²) in [6, 6.07) is 2.24. The number of aromatic nitrogens is 2. The van der Waals surface area contributed by atoms with Crippen LogP contribution in [0.4, 0.5) is 0 Å². The largest absolute Gasteiger partial charge is 0.332 e. The van der Waals surface area contributed by atoms with E-state index in [0.717, 1.165) is 12.8 Å². The Labute approximate surface area is 117 Å². The molecule has 0 saturated heterocycles. The lowest BCUT2D eigenvalue weighted by molar-refractivity contribution is 0.0888. The molecular formula is C13H15ClN4O. The van der Waals surface area contributed by atoms with Crippen LogP contribution in [0.1, 0.15) is 43.1 Å². The Morgan fingerprint density at radius 3 is 2.68 bits per heavy atom. The molecule has 0 atom stereocenters. The molecule has 6 heteroatoms. The highest BCUT2D eigenvalue weighted by Crippen LogP contribution is 2.31. The summed E-state index contributed by atoms with van der Waals surface area (Å²) >= 11 is 5.62. The van der Waals surface area contributed by atoms with Gasteiger partial charge in [-0.25, -0.2) is 9.97 Å². The predicted molar refractivity (Wildman–Crippen MR) is 70.5 cm³/mol.